The van der Waals surface area contributed by atoms with Crippen LogP contribution >= 0.6 is 0 Å². The van der Waals surface area contributed by atoms with Crippen molar-refractivity contribution < 1.29 is 24.0 Å². The third-order valence-corrected chi connectivity index (χ3v) is 8.74. The van der Waals surface area contributed by atoms with Gasteiger partial charge in [0, 0.05) is 79.3 Å². The molecule has 0 spiro atoms. The number of hydrogen-bond donors (Lipinski definition) is 0. The summed E-state index contributed by atoms with van der Waals surface area (Å²) in [6, 6.07) is 0. The molecule has 0 atom stereocenters. The van der Waals surface area contributed by atoms with Crippen molar-refractivity contribution in [2.45, 2.75) is 70.6 Å². The first-order chi connectivity index (χ1) is 26.3. The molecule has 55 heavy (non-hydrogen) atoms. The standard InChI is InChI=1S/C12H16N2O.C10H14N2O.C10H12N2O.C9H13N3O2/c1-4-6-7-8-12(15)10-9-14(3)13-11(10)5-2;2*1-12-7-8-9(11-12)5-3-2-4-6-10(8)13;1-5-8-7(6-11(2)10-8)9(13)12(3)14-4/h4-5,9H,1-2,6-8H2,3H3;7H,2-6H2,1H3;3,5,7H,2,4,6H2,1H3;5-6H,1H2,2-4H3/b;;5-3-;. The fourth-order valence-electron chi connectivity index (χ4n) is 5.88. The molecule has 14 nitrogen and oxygen atoms in total. The minimum absolute atomic E-state index is 0.125. The van der Waals surface area contributed by atoms with E-state index in [1.807, 2.05) is 32.4 Å². The molecule has 2 aliphatic rings. The van der Waals surface area contributed by atoms with E-state index in [0.29, 0.717) is 41.8 Å². The molecule has 4 aromatic heterocycles. The predicted octanol–water partition coefficient (Wildman–Crippen LogP) is 6.82. The molecular weight excluding hydrogens is 699 g/mol. The number of rotatable bonds is 9. The Hall–Kier alpha value is -5.76. The Morgan fingerprint density at radius 2 is 1.33 bits per heavy atom. The van der Waals surface area contributed by atoms with Crippen LogP contribution in [0.25, 0.3) is 18.2 Å². The molecule has 0 aliphatic heterocycles. The van der Waals surface area contributed by atoms with Crippen LogP contribution in [0.15, 0.2) is 56.7 Å². The lowest BCUT2D eigenvalue weighted by Crippen LogP contribution is -2.25. The first kappa shape index (κ1) is 43.6. The molecule has 4 heterocycles. The number of unbranched alkanes of at least 4 members (excludes halogenated alkanes) is 1. The van der Waals surface area contributed by atoms with Crippen molar-refractivity contribution in [1.29, 1.82) is 0 Å². The zero-order valence-electron chi connectivity index (χ0n) is 33.2. The van der Waals surface area contributed by atoms with Gasteiger partial charge in [-0.15, -0.1) is 6.58 Å². The molecule has 294 valence electrons. The average Bonchev–Trinajstić information content (AvgIpc) is 3.94. The summed E-state index contributed by atoms with van der Waals surface area (Å²) < 4.78 is 6.64. The fourth-order valence-corrected chi connectivity index (χ4v) is 5.88. The SMILES string of the molecule is C=CCCCC(=O)c1cn(C)nc1C=C.C=Cc1nn(C)cc1C(=O)N(C)OC.Cn1cc2c(n1)/C=C\CCCC2=O.Cn1cc2c(n1)CCCCCC2=O. The Balaban J connectivity index is 0.000000197. The molecule has 1 amide bonds. The first-order valence-electron chi connectivity index (χ1n) is 18.4. The summed E-state index contributed by atoms with van der Waals surface area (Å²) in [4.78, 5) is 51.4. The van der Waals surface area contributed by atoms with Crippen molar-refractivity contribution in [2.75, 3.05) is 14.2 Å². The zero-order valence-corrected chi connectivity index (χ0v) is 33.2. The van der Waals surface area contributed by atoms with Crippen LogP contribution in [0, 0.1) is 0 Å². The normalized spacial score (nSPS) is 13.9. The molecule has 0 radical (unpaired) electrons. The highest BCUT2D eigenvalue weighted by Crippen LogP contribution is 2.19. The van der Waals surface area contributed by atoms with Gasteiger partial charge in [0.1, 0.15) is 0 Å². The second kappa shape index (κ2) is 21.8. The maximum Gasteiger partial charge on any atom is 0.280 e. The number of hydrogen-bond acceptors (Lipinski definition) is 9. The van der Waals surface area contributed by atoms with Crippen molar-refractivity contribution in [3.05, 3.63) is 102 Å². The highest BCUT2D eigenvalue weighted by atomic mass is 16.7. The lowest BCUT2D eigenvalue weighted by molar-refractivity contribution is -0.0757. The van der Waals surface area contributed by atoms with Crippen LogP contribution in [0.2, 0.25) is 0 Å². The fraction of sp³-hybridized carbons (Fsp3) is 0.415. The average molecular weight is 754 g/mol. The molecule has 0 unspecified atom stereocenters. The Morgan fingerprint density at radius 1 is 0.764 bits per heavy atom. The molecule has 0 saturated heterocycles. The van der Waals surface area contributed by atoms with E-state index in [-0.39, 0.29) is 23.3 Å². The summed E-state index contributed by atoms with van der Waals surface area (Å²) in [5.74, 6) is 0.366. The van der Waals surface area contributed by atoms with Crippen LogP contribution in [0.4, 0.5) is 0 Å². The van der Waals surface area contributed by atoms with Gasteiger partial charge >= 0.3 is 0 Å². The van der Waals surface area contributed by atoms with E-state index in [0.717, 1.165) is 78.9 Å². The van der Waals surface area contributed by atoms with Crippen molar-refractivity contribution in [2.24, 2.45) is 28.2 Å². The number of allylic oxidation sites excluding steroid dienone is 2. The molecule has 6 rings (SSSR count). The molecule has 0 bridgehead atoms. The summed E-state index contributed by atoms with van der Waals surface area (Å²) in [6.45, 7) is 10.8. The number of amides is 1. The number of ketones is 3. The molecule has 2 aliphatic carbocycles. The quantitative estimate of drug-likeness (QED) is 0.0776. The Kier molecular flexibility index (Phi) is 17.3. The first-order valence-corrected chi connectivity index (χ1v) is 18.4. The summed E-state index contributed by atoms with van der Waals surface area (Å²) in [5, 5.41) is 17.9. The van der Waals surface area contributed by atoms with Gasteiger partial charge in [-0.1, -0.05) is 31.7 Å². The summed E-state index contributed by atoms with van der Waals surface area (Å²) in [5.41, 5.74) is 5.78. The van der Waals surface area contributed by atoms with Crippen molar-refractivity contribution in [1.82, 2.24) is 44.2 Å². The van der Waals surface area contributed by atoms with Crippen molar-refractivity contribution in [3.8, 4) is 0 Å². The van der Waals surface area contributed by atoms with Gasteiger partial charge in [-0.3, -0.25) is 42.7 Å². The Morgan fingerprint density at radius 3 is 1.98 bits per heavy atom. The number of hydroxylamine groups is 2. The van der Waals surface area contributed by atoms with Crippen LogP contribution in [-0.2, 0) is 39.4 Å². The van der Waals surface area contributed by atoms with Crippen LogP contribution in [0.1, 0.15) is 128 Å². The molecular formula is C41H55N9O5. The Labute approximate surface area is 323 Å². The minimum atomic E-state index is -0.240. The number of carbonyl (C=O) groups excluding carboxylic acids is 4. The van der Waals surface area contributed by atoms with Crippen LogP contribution in [-0.4, -0.2) is 81.6 Å². The molecule has 14 heteroatoms. The number of carbonyl (C=O) groups is 4. The van der Waals surface area contributed by atoms with E-state index < -0.39 is 0 Å². The van der Waals surface area contributed by atoms with E-state index in [4.69, 9.17) is 4.84 Å². The van der Waals surface area contributed by atoms with Gasteiger partial charge in [-0.25, -0.2) is 5.06 Å². The minimum Gasteiger partial charge on any atom is -0.294 e. The maximum absolute atomic E-state index is 11.8. The van der Waals surface area contributed by atoms with Gasteiger partial charge in [0.05, 0.1) is 52.1 Å². The van der Waals surface area contributed by atoms with Gasteiger partial charge in [0.15, 0.2) is 17.3 Å². The number of Topliss-reactive ketones (excluding diaryl/α,β-unsaturated/α-hetero) is 3. The van der Waals surface area contributed by atoms with Crippen molar-refractivity contribution >= 4 is 41.5 Å². The monoisotopic (exact) mass is 753 g/mol. The van der Waals surface area contributed by atoms with Gasteiger partial charge in [0.2, 0.25) is 0 Å². The third-order valence-electron chi connectivity index (χ3n) is 8.74. The van der Waals surface area contributed by atoms with Gasteiger partial charge in [-0.05, 0) is 63.2 Å². The summed E-state index contributed by atoms with van der Waals surface area (Å²) in [6.07, 6.45) is 25.8. The van der Waals surface area contributed by atoms with E-state index in [2.05, 4.69) is 46.2 Å². The number of fused-ring (bicyclic) bond motifs is 2. The zero-order chi connectivity index (χ0) is 40.5. The smallest absolute Gasteiger partial charge is 0.280 e. The highest BCUT2D eigenvalue weighted by Gasteiger charge is 2.19. The number of aromatic nitrogens is 8. The second-order valence-electron chi connectivity index (χ2n) is 13.2. The van der Waals surface area contributed by atoms with E-state index >= 15 is 0 Å². The second-order valence-corrected chi connectivity index (χ2v) is 13.2. The molecule has 4 aromatic rings. The lowest BCUT2D eigenvalue weighted by Gasteiger charge is -2.12. The maximum atomic E-state index is 11.8. The lowest BCUT2D eigenvalue weighted by atomic mass is 9.98. The molecule has 0 fully saturated rings. The predicted molar refractivity (Wildman–Crippen MR) is 214 cm³/mol. The van der Waals surface area contributed by atoms with Gasteiger partial charge in [-0.2, -0.15) is 20.4 Å². The molecule has 0 saturated carbocycles. The van der Waals surface area contributed by atoms with Crippen LogP contribution < -0.4 is 0 Å². The number of nitrogens with zero attached hydrogens (tertiary/aromatic N) is 9. The topological polar surface area (TPSA) is 152 Å². The van der Waals surface area contributed by atoms with Crippen LogP contribution in [0.3, 0.4) is 0 Å². The number of aryl methyl sites for hydroxylation is 5. The molecule has 0 N–H and O–H groups in total. The highest BCUT2D eigenvalue weighted by molar-refractivity contribution is 5.99. The largest absolute Gasteiger partial charge is 0.294 e. The van der Waals surface area contributed by atoms with Gasteiger partial charge < -0.3 is 0 Å². The van der Waals surface area contributed by atoms with E-state index in [1.165, 1.54) is 13.2 Å². The molecule has 0 aromatic carbocycles. The van der Waals surface area contributed by atoms with E-state index in [9.17, 15) is 19.2 Å². The van der Waals surface area contributed by atoms with Gasteiger partial charge in [0.25, 0.3) is 5.91 Å². The van der Waals surface area contributed by atoms with E-state index in [1.54, 1.807) is 64.5 Å². The summed E-state index contributed by atoms with van der Waals surface area (Å²) in [7, 11) is 10.2. The third kappa shape index (κ3) is 13.0. The van der Waals surface area contributed by atoms with Crippen molar-refractivity contribution in [3.63, 3.8) is 0 Å². The Bertz CT molecular complexity index is 1990. The summed E-state index contributed by atoms with van der Waals surface area (Å²) >= 11 is 0. The van der Waals surface area contributed by atoms with Crippen LogP contribution in [0.5, 0.6) is 0 Å².